The Morgan fingerprint density at radius 2 is 1.52 bits per heavy atom. The normalized spacial score (nSPS) is 17.3. The zero-order chi connectivity index (χ0) is 19.3. The second-order valence-electron chi connectivity index (χ2n) is 7.44. The summed E-state index contributed by atoms with van der Waals surface area (Å²) in [5.41, 5.74) is 1.64. The van der Waals surface area contributed by atoms with Crippen LogP contribution in [0.5, 0.6) is 0 Å². The van der Waals surface area contributed by atoms with Crippen molar-refractivity contribution in [2.24, 2.45) is 5.41 Å². The third-order valence-corrected chi connectivity index (χ3v) is 5.53. The number of aliphatic hydroxyl groups is 1. The highest BCUT2D eigenvalue weighted by atomic mass is 16.5. The van der Waals surface area contributed by atoms with E-state index in [0.717, 1.165) is 0 Å². The van der Waals surface area contributed by atoms with E-state index in [1.165, 1.54) is 11.1 Å². The van der Waals surface area contributed by atoms with Crippen molar-refractivity contribution in [1.29, 1.82) is 0 Å². The Bertz CT molecular complexity index is 686. The maximum Gasteiger partial charge on any atom is 0.314 e. The Kier molecular flexibility index (Phi) is 6.30. The van der Waals surface area contributed by atoms with Crippen LogP contribution in [0.1, 0.15) is 37.8 Å². The van der Waals surface area contributed by atoms with Gasteiger partial charge in [-0.3, -0.25) is 9.69 Å². The van der Waals surface area contributed by atoms with E-state index < -0.39 is 11.5 Å². The van der Waals surface area contributed by atoms with Crippen LogP contribution >= 0.6 is 0 Å². The monoisotopic (exact) mass is 367 g/mol. The second kappa shape index (κ2) is 8.68. The second-order valence-corrected chi connectivity index (χ2v) is 7.44. The van der Waals surface area contributed by atoms with Crippen LogP contribution in [0, 0.1) is 5.41 Å². The van der Waals surface area contributed by atoms with Crippen LogP contribution in [-0.4, -0.2) is 34.7 Å². The summed E-state index contributed by atoms with van der Waals surface area (Å²) < 4.78 is 5.24. The molecule has 0 aliphatic heterocycles. The molecule has 1 aliphatic carbocycles. The van der Waals surface area contributed by atoms with E-state index in [1.54, 1.807) is 6.92 Å². The minimum absolute atomic E-state index is 0.169. The Hall–Kier alpha value is -2.17. The van der Waals surface area contributed by atoms with Gasteiger partial charge in [0.25, 0.3) is 0 Å². The van der Waals surface area contributed by atoms with E-state index in [-0.39, 0.29) is 12.0 Å². The highest BCUT2D eigenvalue weighted by molar-refractivity contribution is 5.80. The van der Waals surface area contributed by atoms with Crippen LogP contribution in [0.25, 0.3) is 0 Å². The number of esters is 1. The third-order valence-electron chi connectivity index (χ3n) is 5.53. The molecule has 0 heterocycles. The van der Waals surface area contributed by atoms with Gasteiger partial charge >= 0.3 is 5.97 Å². The summed E-state index contributed by atoms with van der Waals surface area (Å²) in [6.45, 7) is 5.59. The first kappa shape index (κ1) is 19.6. The molecule has 27 heavy (non-hydrogen) atoms. The van der Waals surface area contributed by atoms with Gasteiger partial charge < -0.3 is 9.84 Å². The molecule has 0 radical (unpaired) electrons. The molecule has 1 fully saturated rings. The van der Waals surface area contributed by atoms with E-state index in [9.17, 15) is 9.90 Å². The predicted molar refractivity (Wildman–Crippen MR) is 106 cm³/mol. The Morgan fingerprint density at radius 1 is 1.04 bits per heavy atom. The van der Waals surface area contributed by atoms with E-state index in [4.69, 9.17) is 4.74 Å². The number of carbonyl (C=O) groups is 1. The molecule has 0 amide bonds. The number of hydrogen-bond acceptors (Lipinski definition) is 4. The third kappa shape index (κ3) is 4.57. The van der Waals surface area contributed by atoms with Gasteiger partial charge in [0.1, 0.15) is 0 Å². The fourth-order valence-corrected chi connectivity index (χ4v) is 3.67. The summed E-state index contributed by atoms with van der Waals surface area (Å²) >= 11 is 0. The molecule has 1 aliphatic rings. The number of benzene rings is 2. The summed E-state index contributed by atoms with van der Waals surface area (Å²) in [6, 6.07) is 20.3. The molecule has 3 rings (SSSR count). The van der Waals surface area contributed by atoms with E-state index in [0.29, 0.717) is 32.5 Å². The fourth-order valence-electron chi connectivity index (χ4n) is 3.67. The smallest absolute Gasteiger partial charge is 0.314 e. The van der Waals surface area contributed by atoms with Gasteiger partial charge in [-0.15, -0.1) is 0 Å². The van der Waals surface area contributed by atoms with Crippen LogP contribution in [0.15, 0.2) is 60.7 Å². The molecule has 1 saturated carbocycles. The van der Waals surface area contributed by atoms with Gasteiger partial charge in [-0.1, -0.05) is 60.7 Å². The van der Waals surface area contributed by atoms with Gasteiger partial charge in [0, 0.05) is 19.1 Å². The van der Waals surface area contributed by atoms with E-state index in [2.05, 4.69) is 29.2 Å². The molecule has 0 saturated heterocycles. The molecule has 1 N–H and O–H groups in total. The van der Waals surface area contributed by atoms with Crippen LogP contribution in [-0.2, 0) is 22.6 Å². The molecule has 2 aromatic rings. The minimum atomic E-state index is -0.746. The molecule has 2 aromatic carbocycles. The number of nitrogens with zero attached hydrogens (tertiary/aromatic N) is 1. The van der Waals surface area contributed by atoms with Crippen molar-refractivity contribution in [2.45, 2.75) is 51.9 Å². The SMILES string of the molecule is CCOC(=O)C1([C@H](O)[C@H](C)N(Cc2ccccc2)Cc2ccccc2)CC1. The summed E-state index contributed by atoms with van der Waals surface area (Å²) in [7, 11) is 0. The number of ether oxygens (including phenoxy) is 1. The molecule has 2 atom stereocenters. The van der Waals surface area contributed by atoms with Crippen molar-refractivity contribution in [3.8, 4) is 0 Å². The van der Waals surface area contributed by atoms with Gasteiger partial charge in [0.15, 0.2) is 0 Å². The van der Waals surface area contributed by atoms with Crippen LogP contribution in [0.4, 0.5) is 0 Å². The van der Waals surface area contributed by atoms with Crippen molar-refractivity contribution in [2.75, 3.05) is 6.61 Å². The zero-order valence-corrected chi connectivity index (χ0v) is 16.2. The highest BCUT2D eigenvalue weighted by Crippen LogP contribution is 2.51. The average molecular weight is 367 g/mol. The number of aliphatic hydroxyl groups excluding tert-OH is 1. The molecule has 0 aromatic heterocycles. The Balaban J connectivity index is 1.79. The van der Waals surface area contributed by atoms with Gasteiger partial charge in [-0.25, -0.2) is 0 Å². The standard InChI is InChI=1S/C23H29NO3/c1-3-27-22(26)23(14-15-23)21(25)18(2)24(16-19-10-6-4-7-11-19)17-20-12-8-5-9-13-20/h4-13,18,21,25H,3,14-17H2,1-2H3/t18-,21+/m0/s1. The fraction of sp³-hybridized carbons (Fsp3) is 0.435. The lowest BCUT2D eigenvalue weighted by atomic mass is 9.92. The van der Waals surface area contributed by atoms with Gasteiger partial charge in [0.2, 0.25) is 0 Å². The van der Waals surface area contributed by atoms with Gasteiger partial charge in [-0.05, 0) is 37.8 Å². The summed E-state index contributed by atoms with van der Waals surface area (Å²) in [6.07, 6.45) is 0.646. The van der Waals surface area contributed by atoms with Crippen LogP contribution in [0.2, 0.25) is 0 Å². The van der Waals surface area contributed by atoms with Crippen molar-refractivity contribution in [1.82, 2.24) is 4.90 Å². The van der Waals surface area contributed by atoms with Crippen molar-refractivity contribution < 1.29 is 14.6 Å². The highest BCUT2D eigenvalue weighted by Gasteiger charge is 2.58. The lowest BCUT2D eigenvalue weighted by Crippen LogP contribution is -2.47. The number of carbonyl (C=O) groups excluding carboxylic acids is 1. The van der Waals surface area contributed by atoms with Gasteiger partial charge in [-0.2, -0.15) is 0 Å². The Morgan fingerprint density at radius 3 is 1.93 bits per heavy atom. The van der Waals surface area contributed by atoms with Crippen molar-refractivity contribution >= 4 is 5.97 Å². The summed E-state index contributed by atoms with van der Waals surface area (Å²) in [4.78, 5) is 14.7. The predicted octanol–water partition coefficient (Wildman–Crippen LogP) is 3.78. The topological polar surface area (TPSA) is 49.8 Å². The lowest BCUT2D eigenvalue weighted by Gasteiger charge is -2.35. The molecule has 0 unspecified atom stereocenters. The summed E-state index contributed by atoms with van der Waals surface area (Å²) in [5.74, 6) is -0.260. The first-order valence-corrected chi connectivity index (χ1v) is 9.74. The molecule has 4 nitrogen and oxygen atoms in total. The average Bonchev–Trinajstić information content (AvgIpc) is 3.50. The maximum absolute atomic E-state index is 12.4. The van der Waals surface area contributed by atoms with E-state index >= 15 is 0 Å². The zero-order valence-electron chi connectivity index (χ0n) is 16.2. The largest absolute Gasteiger partial charge is 0.465 e. The van der Waals surface area contributed by atoms with Gasteiger partial charge in [0.05, 0.1) is 18.1 Å². The minimum Gasteiger partial charge on any atom is -0.465 e. The number of hydrogen-bond donors (Lipinski definition) is 1. The quantitative estimate of drug-likeness (QED) is 0.685. The number of rotatable bonds is 9. The molecule has 4 heteroatoms. The first-order chi connectivity index (χ1) is 13.1. The van der Waals surface area contributed by atoms with E-state index in [1.807, 2.05) is 43.3 Å². The molecule has 0 bridgehead atoms. The molecular formula is C23H29NO3. The van der Waals surface area contributed by atoms with Crippen LogP contribution in [0.3, 0.4) is 0 Å². The maximum atomic E-state index is 12.4. The first-order valence-electron chi connectivity index (χ1n) is 9.74. The Labute approximate surface area is 161 Å². The molecule has 144 valence electrons. The van der Waals surface area contributed by atoms with Crippen molar-refractivity contribution in [3.05, 3.63) is 71.8 Å². The van der Waals surface area contributed by atoms with Crippen molar-refractivity contribution in [3.63, 3.8) is 0 Å². The molecule has 0 spiro atoms. The van der Waals surface area contributed by atoms with Crippen LogP contribution < -0.4 is 0 Å². The lowest BCUT2D eigenvalue weighted by molar-refractivity contribution is -0.156. The molecular weight excluding hydrogens is 338 g/mol. The summed E-state index contributed by atoms with van der Waals surface area (Å²) in [5, 5.41) is 11.1.